The van der Waals surface area contributed by atoms with Crippen molar-refractivity contribution in [1.29, 1.82) is 0 Å². The zero-order chi connectivity index (χ0) is 16.6. The third kappa shape index (κ3) is 3.43. The summed E-state index contributed by atoms with van der Waals surface area (Å²) in [7, 11) is 0. The summed E-state index contributed by atoms with van der Waals surface area (Å²) in [6, 6.07) is 11.5. The van der Waals surface area contributed by atoms with E-state index in [1.807, 2.05) is 50.2 Å². The lowest BCUT2D eigenvalue weighted by molar-refractivity contribution is -0.115. The van der Waals surface area contributed by atoms with Crippen molar-refractivity contribution in [3.8, 4) is 0 Å². The molecule has 0 aliphatic heterocycles. The average molecular weight is 392 g/mol. The summed E-state index contributed by atoms with van der Waals surface area (Å²) in [5, 5.41) is 4.64. The van der Waals surface area contributed by atoms with E-state index in [2.05, 4.69) is 26.2 Å². The maximum absolute atomic E-state index is 12.4. The normalized spacial score (nSPS) is 11.0. The quantitative estimate of drug-likeness (QED) is 0.618. The number of carbonyl (C=O) groups is 1. The molecule has 0 radical (unpaired) electrons. The Kier molecular flexibility index (Phi) is 4.46. The van der Waals surface area contributed by atoms with Crippen molar-refractivity contribution >= 4 is 50.0 Å². The maximum atomic E-state index is 12.4. The maximum Gasteiger partial charge on any atom is 0.228 e. The number of hydrogen-bond acceptors (Lipinski definition) is 1. The fourth-order valence-corrected chi connectivity index (χ4v) is 3.35. The van der Waals surface area contributed by atoms with Gasteiger partial charge in [-0.15, -0.1) is 0 Å². The SMILES string of the molecule is Cc1cc(Br)ccc1NC(=O)Cc1c(C)[nH]c2ccc(Cl)cc12. The molecule has 3 rings (SSSR count). The van der Waals surface area contributed by atoms with Crippen LogP contribution in [0.3, 0.4) is 0 Å². The van der Waals surface area contributed by atoms with E-state index in [0.717, 1.165) is 37.9 Å². The number of halogens is 2. The van der Waals surface area contributed by atoms with E-state index in [-0.39, 0.29) is 5.91 Å². The molecule has 0 fully saturated rings. The number of carbonyl (C=O) groups excluding carboxylic acids is 1. The molecule has 0 unspecified atom stereocenters. The Morgan fingerprint density at radius 2 is 2.00 bits per heavy atom. The minimum absolute atomic E-state index is 0.0422. The van der Waals surface area contributed by atoms with Crippen molar-refractivity contribution < 1.29 is 4.79 Å². The molecule has 23 heavy (non-hydrogen) atoms. The number of aromatic amines is 1. The molecule has 0 bridgehead atoms. The first-order valence-electron chi connectivity index (χ1n) is 7.27. The van der Waals surface area contributed by atoms with Crippen molar-refractivity contribution in [2.24, 2.45) is 0 Å². The summed E-state index contributed by atoms with van der Waals surface area (Å²) < 4.78 is 0.995. The molecule has 2 aromatic carbocycles. The van der Waals surface area contributed by atoms with Gasteiger partial charge in [-0.05, 0) is 61.4 Å². The first kappa shape index (κ1) is 16.1. The van der Waals surface area contributed by atoms with Crippen LogP contribution in [0, 0.1) is 13.8 Å². The van der Waals surface area contributed by atoms with Crippen molar-refractivity contribution in [3.63, 3.8) is 0 Å². The van der Waals surface area contributed by atoms with Crippen molar-refractivity contribution in [3.05, 3.63) is 62.7 Å². The molecule has 3 aromatic rings. The van der Waals surface area contributed by atoms with Crippen LogP contribution in [0.4, 0.5) is 5.69 Å². The summed E-state index contributed by atoms with van der Waals surface area (Å²) in [5.41, 5.74) is 4.81. The average Bonchev–Trinajstić information content (AvgIpc) is 2.78. The van der Waals surface area contributed by atoms with Gasteiger partial charge < -0.3 is 10.3 Å². The van der Waals surface area contributed by atoms with Gasteiger partial charge in [0.25, 0.3) is 0 Å². The number of aryl methyl sites for hydroxylation is 2. The smallest absolute Gasteiger partial charge is 0.228 e. The summed E-state index contributed by atoms with van der Waals surface area (Å²) in [6.45, 7) is 3.94. The monoisotopic (exact) mass is 390 g/mol. The Hall–Kier alpha value is -1.78. The second kappa shape index (κ2) is 6.38. The molecule has 1 aromatic heterocycles. The van der Waals surface area contributed by atoms with Crippen LogP contribution in [0.2, 0.25) is 5.02 Å². The number of nitrogens with one attached hydrogen (secondary N) is 2. The Balaban J connectivity index is 1.85. The predicted octanol–water partition coefficient (Wildman–Crippen LogP) is 5.38. The molecule has 0 saturated heterocycles. The van der Waals surface area contributed by atoms with Crippen LogP contribution in [0.25, 0.3) is 10.9 Å². The lowest BCUT2D eigenvalue weighted by atomic mass is 10.1. The van der Waals surface area contributed by atoms with Gasteiger partial charge in [0, 0.05) is 31.8 Å². The van der Waals surface area contributed by atoms with Crippen molar-refractivity contribution in [2.75, 3.05) is 5.32 Å². The Morgan fingerprint density at radius 1 is 1.22 bits per heavy atom. The van der Waals surface area contributed by atoms with Gasteiger partial charge in [0.2, 0.25) is 5.91 Å². The standard InChI is InChI=1S/C18H16BrClN2O/c1-10-7-12(19)3-5-16(10)22-18(23)9-14-11(2)21-17-6-4-13(20)8-15(14)17/h3-8,21H,9H2,1-2H3,(H,22,23). The van der Waals surface area contributed by atoms with Gasteiger partial charge in [-0.3, -0.25) is 4.79 Å². The first-order valence-corrected chi connectivity index (χ1v) is 8.44. The largest absolute Gasteiger partial charge is 0.358 e. The lowest BCUT2D eigenvalue weighted by Gasteiger charge is -2.09. The van der Waals surface area contributed by atoms with Gasteiger partial charge in [0.1, 0.15) is 0 Å². The highest BCUT2D eigenvalue weighted by molar-refractivity contribution is 9.10. The van der Waals surface area contributed by atoms with Crippen LogP contribution in [-0.2, 0) is 11.2 Å². The highest BCUT2D eigenvalue weighted by Gasteiger charge is 2.13. The van der Waals surface area contributed by atoms with Crippen LogP contribution in [0.1, 0.15) is 16.8 Å². The Labute approximate surface area is 148 Å². The molecule has 0 saturated carbocycles. The minimum Gasteiger partial charge on any atom is -0.358 e. The molecule has 0 atom stereocenters. The van der Waals surface area contributed by atoms with Crippen molar-refractivity contribution in [2.45, 2.75) is 20.3 Å². The molecule has 5 heteroatoms. The number of aromatic nitrogens is 1. The molecular formula is C18H16BrClN2O. The van der Waals surface area contributed by atoms with Gasteiger partial charge >= 0.3 is 0 Å². The Morgan fingerprint density at radius 3 is 2.74 bits per heavy atom. The van der Waals surface area contributed by atoms with Gasteiger partial charge in [0.15, 0.2) is 0 Å². The highest BCUT2D eigenvalue weighted by atomic mass is 79.9. The van der Waals surface area contributed by atoms with Crippen molar-refractivity contribution in [1.82, 2.24) is 4.98 Å². The van der Waals surface area contributed by atoms with E-state index in [4.69, 9.17) is 11.6 Å². The zero-order valence-electron chi connectivity index (χ0n) is 12.8. The van der Waals surface area contributed by atoms with E-state index < -0.39 is 0 Å². The molecule has 0 aliphatic carbocycles. The van der Waals surface area contributed by atoms with Gasteiger partial charge in [-0.1, -0.05) is 27.5 Å². The van der Waals surface area contributed by atoms with Crippen LogP contribution in [0.15, 0.2) is 40.9 Å². The zero-order valence-corrected chi connectivity index (χ0v) is 15.2. The second-order valence-corrected chi connectivity index (χ2v) is 6.95. The predicted molar refractivity (Wildman–Crippen MR) is 99.3 cm³/mol. The van der Waals surface area contributed by atoms with E-state index in [1.54, 1.807) is 0 Å². The summed E-state index contributed by atoms with van der Waals surface area (Å²) in [4.78, 5) is 15.7. The molecule has 0 aliphatic rings. The number of benzene rings is 2. The van der Waals surface area contributed by atoms with Crippen LogP contribution in [0.5, 0.6) is 0 Å². The van der Waals surface area contributed by atoms with Gasteiger partial charge in [-0.25, -0.2) is 0 Å². The molecule has 0 spiro atoms. The molecule has 1 amide bonds. The number of anilines is 1. The fourth-order valence-electron chi connectivity index (χ4n) is 2.70. The number of rotatable bonds is 3. The summed E-state index contributed by atoms with van der Waals surface area (Å²) in [6.07, 6.45) is 0.307. The number of hydrogen-bond donors (Lipinski definition) is 2. The number of amides is 1. The van der Waals surface area contributed by atoms with E-state index in [0.29, 0.717) is 11.4 Å². The molecular weight excluding hydrogens is 376 g/mol. The third-order valence-corrected chi connectivity index (χ3v) is 4.61. The van der Waals surface area contributed by atoms with Crippen LogP contribution < -0.4 is 5.32 Å². The first-order chi connectivity index (χ1) is 10.9. The van der Waals surface area contributed by atoms with E-state index in [1.165, 1.54) is 0 Å². The lowest BCUT2D eigenvalue weighted by Crippen LogP contribution is -2.15. The Bertz CT molecular complexity index is 901. The van der Waals surface area contributed by atoms with Crippen LogP contribution >= 0.6 is 27.5 Å². The number of fused-ring (bicyclic) bond motifs is 1. The van der Waals surface area contributed by atoms with Crippen LogP contribution in [-0.4, -0.2) is 10.9 Å². The molecule has 118 valence electrons. The molecule has 3 nitrogen and oxygen atoms in total. The summed E-state index contributed by atoms with van der Waals surface area (Å²) in [5.74, 6) is -0.0422. The fraction of sp³-hybridized carbons (Fsp3) is 0.167. The van der Waals surface area contributed by atoms with E-state index in [9.17, 15) is 4.79 Å². The third-order valence-electron chi connectivity index (χ3n) is 3.88. The topological polar surface area (TPSA) is 44.9 Å². The molecule has 2 N–H and O–H groups in total. The van der Waals surface area contributed by atoms with Gasteiger partial charge in [-0.2, -0.15) is 0 Å². The van der Waals surface area contributed by atoms with E-state index >= 15 is 0 Å². The number of H-pyrrole nitrogens is 1. The highest BCUT2D eigenvalue weighted by Crippen LogP contribution is 2.26. The minimum atomic E-state index is -0.0422. The second-order valence-electron chi connectivity index (χ2n) is 5.60. The molecule has 1 heterocycles. The summed E-state index contributed by atoms with van der Waals surface area (Å²) >= 11 is 9.51. The van der Waals surface area contributed by atoms with Gasteiger partial charge in [0.05, 0.1) is 6.42 Å².